The Morgan fingerprint density at radius 1 is 1.50 bits per heavy atom. The van der Waals surface area contributed by atoms with Crippen LogP contribution in [0.2, 0.25) is 0 Å². The molecule has 0 saturated carbocycles. The SMILES string of the molecule is CC1(CN)OCCO1. The van der Waals surface area contributed by atoms with Gasteiger partial charge in [-0.1, -0.05) is 0 Å². The van der Waals surface area contributed by atoms with E-state index in [1.54, 1.807) is 0 Å². The molecule has 1 heterocycles. The molecule has 0 aromatic rings. The minimum Gasteiger partial charge on any atom is -0.347 e. The molecule has 0 aliphatic carbocycles. The number of nitrogens with two attached hydrogens (primary N) is 1. The van der Waals surface area contributed by atoms with E-state index in [1.165, 1.54) is 0 Å². The summed E-state index contributed by atoms with van der Waals surface area (Å²) >= 11 is 0. The first kappa shape index (κ1) is 6.01. The second-order valence-electron chi connectivity index (χ2n) is 2.03. The van der Waals surface area contributed by atoms with Crippen molar-refractivity contribution in [2.24, 2.45) is 5.73 Å². The zero-order chi connectivity index (χ0) is 6.04. The highest BCUT2D eigenvalue weighted by atomic mass is 16.7. The smallest absolute Gasteiger partial charge is 0.177 e. The van der Waals surface area contributed by atoms with E-state index in [-0.39, 0.29) is 0 Å². The Kier molecular flexibility index (Phi) is 1.51. The molecule has 1 rings (SSSR count). The van der Waals surface area contributed by atoms with Crippen LogP contribution in [0, 0.1) is 0 Å². The van der Waals surface area contributed by atoms with E-state index < -0.39 is 5.79 Å². The topological polar surface area (TPSA) is 44.5 Å². The summed E-state index contributed by atoms with van der Waals surface area (Å²) in [6, 6.07) is 0. The molecule has 0 amide bonds. The maximum Gasteiger partial charge on any atom is 0.177 e. The molecule has 1 fully saturated rings. The van der Waals surface area contributed by atoms with Gasteiger partial charge in [-0.15, -0.1) is 0 Å². The van der Waals surface area contributed by atoms with Crippen molar-refractivity contribution < 1.29 is 9.47 Å². The molecule has 3 heteroatoms. The Balaban J connectivity index is 2.40. The normalized spacial score (nSPS) is 26.2. The van der Waals surface area contributed by atoms with Crippen LogP contribution in [0.25, 0.3) is 0 Å². The van der Waals surface area contributed by atoms with Crippen LogP contribution in [-0.2, 0) is 9.47 Å². The van der Waals surface area contributed by atoms with Crippen molar-refractivity contribution in [3.63, 3.8) is 0 Å². The molecule has 8 heavy (non-hydrogen) atoms. The van der Waals surface area contributed by atoms with E-state index >= 15 is 0 Å². The molecule has 3 nitrogen and oxygen atoms in total. The van der Waals surface area contributed by atoms with Gasteiger partial charge < -0.3 is 15.2 Å². The Labute approximate surface area is 48.8 Å². The van der Waals surface area contributed by atoms with Crippen LogP contribution in [-0.4, -0.2) is 25.5 Å². The van der Waals surface area contributed by atoms with Gasteiger partial charge in [0.25, 0.3) is 0 Å². The van der Waals surface area contributed by atoms with Crippen molar-refractivity contribution in [1.82, 2.24) is 0 Å². The molecular weight excluding hydrogens is 106 g/mol. The van der Waals surface area contributed by atoms with Crippen LogP contribution >= 0.6 is 0 Å². The number of hydrogen-bond donors (Lipinski definition) is 1. The molecule has 0 radical (unpaired) electrons. The lowest BCUT2D eigenvalue weighted by atomic mass is 10.3. The predicted molar refractivity (Wildman–Crippen MR) is 29.4 cm³/mol. The van der Waals surface area contributed by atoms with Gasteiger partial charge in [0.05, 0.1) is 13.2 Å². The van der Waals surface area contributed by atoms with Crippen LogP contribution in [0.1, 0.15) is 6.92 Å². The van der Waals surface area contributed by atoms with Crippen molar-refractivity contribution in [2.75, 3.05) is 19.8 Å². The summed E-state index contributed by atoms with van der Waals surface area (Å²) in [5, 5.41) is 0. The van der Waals surface area contributed by atoms with Crippen LogP contribution in [0.3, 0.4) is 0 Å². The lowest BCUT2D eigenvalue weighted by molar-refractivity contribution is -0.132. The van der Waals surface area contributed by atoms with E-state index in [4.69, 9.17) is 15.2 Å². The van der Waals surface area contributed by atoms with Crippen molar-refractivity contribution in [1.29, 1.82) is 0 Å². The van der Waals surface area contributed by atoms with E-state index in [0.29, 0.717) is 19.8 Å². The van der Waals surface area contributed by atoms with Crippen molar-refractivity contribution in [3.05, 3.63) is 0 Å². The quantitative estimate of drug-likeness (QED) is 0.513. The largest absolute Gasteiger partial charge is 0.347 e. The first-order valence-corrected chi connectivity index (χ1v) is 2.75. The summed E-state index contributed by atoms with van der Waals surface area (Å²) in [5.41, 5.74) is 5.32. The monoisotopic (exact) mass is 117 g/mol. The van der Waals surface area contributed by atoms with Gasteiger partial charge in [0, 0.05) is 6.54 Å². The summed E-state index contributed by atoms with van der Waals surface area (Å²) in [4.78, 5) is 0. The third-order valence-corrected chi connectivity index (χ3v) is 1.27. The van der Waals surface area contributed by atoms with Crippen LogP contribution < -0.4 is 5.73 Å². The van der Waals surface area contributed by atoms with Gasteiger partial charge in [0.15, 0.2) is 5.79 Å². The second-order valence-corrected chi connectivity index (χ2v) is 2.03. The molecule has 0 spiro atoms. The van der Waals surface area contributed by atoms with Gasteiger partial charge in [0.2, 0.25) is 0 Å². The molecular formula is C5H11NO2. The minimum absolute atomic E-state index is 0.438. The van der Waals surface area contributed by atoms with E-state index in [9.17, 15) is 0 Å². The standard InChI is InChI=1S/C5H11NO2/c1-5(4-6)7-2-3-8-5/h2-4,6H2,1H3. The molecule has 1 saturated heterocycles. The Morgan fingerprint density at radius 2 is 2.00 bits per heavy atom. The molecule has 2 N–H and O–H groups in total. The number of hydrogen-bond acceptors (Lipinski definition) is 3. The van der Waals surface area contributed by atoms with Crippen LogP contribution in [0.5, 0.6) is 0 Å². The third kappa shape index (κ3) is 0.992. The fourth-order valence-electron chi connectivity index (χ4n) is 0.675. The highest BCUT2D eigenvalue weighted by molar-refractivity contribution is 4.67. The predicted octanol–water partition coefficient (Wildman–Crippen LogP) is -0.292. The average Bonchev–Trinajstić information content (AvgIpc) is 2.17. The summed E-state index contributed by atoms with van der Waals surface area (Å²) in [6.45, 7) is 3.63. The summed E-state index contributed by atoms with van der Waals surface area (Å²) in [6.07, 6.45) is 0. The fraction of sp³-hybridized carbons (Fsp3) is 1.00. The van der Waals surface area contributed by atoms with Gasteiger partial charge in [-0.3, -0.25) is 0 Å². The number of ether oxygens (including phenoxy) is 2. The van der Waals surface area contributed by atoms with Crippen LogP contribution in [0.15, 0.2) is 0 Å². The first-order valence-electron chi connectivity index (χ1n) is 2.75. The van der Waals surface area contributed by atoms with Gasteiger partial charge in [0.1, 0.15) is 0 Å². The zero-order valence-electron chi connectivity index (χ0n) is 5.02. The molecule has 48 valence electrons. The van der Waals surface area contributed by atoms with Crippen molar-refractivity contribution >= 4 is 0 Å². The Hall–Kier alpha value is -0.120. The summed E-state index contributed by atoms with van der Waals surface area (Å²) < 4.78 is 10.3. The molecule has 1 aliphatic heterocycles. The molecule has 0 aromatic carbocycles. The molecule has 1 aliphatic rings. The van der Waals surface area contributed by atoms with Gasteiger partial charge in [-0.2, -0.15) is 0 Å². The summed E-state index contributed by atoms with van der Waals surface area (Å²) in [7, 11) is 0. The van der Waals surface area contributed by atoms with Crippen LogP contribution in [0.4, 0.5) is 0 Å². The van der Waals surface area contributed by atoms with E-state index in [1.807, 2.05) is 6.92 Å². The Bertz CT molecular complexity index is 78.5. The highest BCUT2D eigenvalue weighted by Gasteiger charge is 2.28. The lowest BCUT2D eigenvalue weighted by Crippen LogP contribution is -2.35. The maximum absolute atomic E-state index is 5.32. The van der Waals surface area contributed by atoms with Gasteiger partial charge in [-0.05, 0) is 6.92 Å². The fourth-order valence-corrected chi connectivity index (χ4v) is 0.675. The lowest BCUT2D eigenvalue weighted by Gasteiger charge is -2.18. The average molecular weight is 117 g/mol. The highest BCUT2D eigenvalue weighted by Crippen LogP contribution is 2.15. The molecule has 0 bridgehead atoms. The number of rotatable bonds is 1. The first-order chi connectivity index (χ1) is 3.77. The molecule has 0 unspecified atom stereocenters. The van der Waals surface area contributed by atoms with Gasteiger partial charge in [-0.25, -0.2) is 0 Å². The van der Waals surface area contributed by atoms with Crippen molar-refractivity contribution in [3.8, 4) is 0 Å². The van der Waals surface area contributed by atoms with E-state index in [2.05, 4.69) is 0 Å². The second kappa shape index (κ2) is 2.01. The maximum atomic E-state index is 5.32. The third-order valence-electron chi connectivity index (χ3n) is 1.27. The minimum atomic E-state index is -0.486. The molecule has 0 atom stereocenters. The summed E-state index contributed by atoms with van der Waals surface area (Å²) in [5.74, 6) is -0.486. The van der Waals surface area contributed by atoms with Crippen molar-refractivity contribution in [2.45, 2.75) is 12.7 Å². The molecule has 0 aromatic heterocycles. The zero-order valence-corrected chi connectivity index (χ0v) is 5.02. The van der Waals surface area contributed by atoms with E-state index in [0.717, 1.165) is 0 Å². The van der Waals surface area contributed by atoms with Gasteiger partial charge >= 0.3 is 0 Å². The Morgan fingerprint density at radius 3 is 2.25 bits per heavy atom.